The number of alkyl halides is 1. The Morgan fingerprint density at radius 1 is 1.13 bits per heavy atom. The molecule has 0 saturated heterocycles. The molecule has 0 bridgehead atoms. The molecule has 0 saturated carbocycles. The van der Waals surface area contributed by atoms with E-state index in [1.807, 2.05) is 6.92 Å². The minimum atomic E-state index is -1.63. The van der Waals surface area contributed by atoms with Crippen molar-refractivity contribution in [3.63, 3.8) is 0 Å². The summed E-state index contributed by atoms with van der Waals surface area (Å²) in [6, 6.07) is 6.14. The molecule has 3 heterocycles. The number of rotatable bonds is 4. The lowest BCUT2D eigenvalue weighted by Gasteiger charge is -2.43. The lowest BCUT2D eigenvalue weighted by Crippen LogP contribution is -2.48. The van der Waals surface area contributed by atoms with E-state index in [0.29, 0.717) is 17.6 Å². The average molecular weight is 416 g/mol. The van der Waals surface area contributed by atoms with Gasteiger partial charge in [-0.1, -0.05) is 18.7 Å². The SMILES string of the molecule is C=Cc1cc(F)c(C2c3c(F)c4ccccn4c3CC(C)N2CC(C)(C)F)c(F)c1. The van der Waals surface area contributed by atoms with Crippen LogP contribution in [0.15, 0.2) is 43.1 Å². The summed E-state index contributed by atoms with van der Waals surface area (Å²) in [6.07, 6.45) is 3.52. The van der Waals surface area contributed by atoms with Crippen molar-refractivity contribution >= 4 is 11.6 Å². The van der Waals surface area contributed by atoms with E-state index in [4.69, 9.17) is 0 Å². The van der Waals surface area contributed by atoms with Crippen LogP contribution in [-0.2, 0) is 6.42 Å². The molecule has 4 rings (SSSR count). The van der Waals surface area contributed by atoms with Gasteiger partial charge in [-0.3, -0.25) is 4.90 Å². The Balaban J connectivity index is 2.03. The molecule has 0 aliphatic carbocycles. The van der Waals surface area contributed by atoms with Crippen molar-refractivity contribution in [2.45, 2.75) is 44.9 Å². The van der Waals surface area contributed by atoms with Crippen LogP contribution in [0.2, 0.25) is 0 Å². The van der Waals surface area contributed by atoms with E-state index in [-0.39, 0.29) is 29.3 Å². The van der Waals surface area contributed by atoms with E-state index in [1.165, 1.54) is 32.1 Å². The number of halogens is 4. The first-order chi connectivity index (χ1) is 14.1. The van der Waals surface area contributed by atoms with E-state index in [1.54, 1.807) is 33.7 Å². The minimum absolute atomic E-state index is 0.0913. The molecule has 0 radical (unpaired) electrons. The van der Waals surface area contributed by atoms with E-state index < -0.39 is 29.2 Å². The third-order valence-electron chi connectivity index (χ3n) is 5.75. The Hall–Kier alpha value is -2.60. The molecule has 0 spiro atoms. The van der Waals surface area contributed by atoms with Crippen LogP contribution < -0.4 is 0 Å². The van der Waals surface area contributed by atoms with Crippen molar-refractivity contribution in [2.24, 2.45) is 0 Å². The molecule has 2 unspecified atom stereocenters. The van der Waals surface area contributed by atoms with Gasteiger partial charge >= 0.3 is 0 Å². The zero-order valence-electron chi connectivity index (χ0n) is 17.2. The molecule has 1 aliphatic heterocycles. The molecule has 0 N–H and O–H groups in total. The molecular weight excluding hydrogens is 392 g/mol. The fraction of sp³-hybridized carbons (Fsp3) is 0.333. The first kappa shape index (κ1) is 20.7. The van der Waals surface area contributed by atoms with E-state index in [2.05, 4.69) is 6.58 Å². The van der Waals surface area contributed by atoms with Crippen molar-refractivity contribution in [3.8, 4) is 0 Å². The summed E-state index contributed by atoms with van der Waals surface area (Å²) < 4.78 is 62.3. The lowest BCUT2D eigenvalue weighted by molar-refractivity contribution is 0.0634. The molecule has 30 heavy (non-hydrogen) atoms. The minimum Gasteiger partial charge on any atom is -0.318 e. The predicted molar refractivity (Wildman–Crippen MR) is 111 cm³/mol. The standard InChI is InChI=1S/C24H24F4N2/c1-5-15-11-16(25)20(17(26)12-15)23-21-19(10-14(2)30(23)13-24(3,4)28)29-9-7-6-8-18(29)22(21)27/h5-9,11-12,14,23H,1,10,13H2,2-4H3. The summed E-state index contributed by atoms with van der Waals surface area (Å²) >= 11 is 0. The van der Waals surface area contributed by atoms with Crippen molar-refractivity contribution < 1.29 is 17.6 Å². The second-order valence-corrected chi connectivity index (χ2v) is 8.58. The summed E-state index contributed by atoms with van der Waals surface area (Å²) in [6.45, 7) is 8.15. The highest BCUT2D eigenvalue weighted by Crippen LogP contribution is 2.44. The van der Waals surface area contributed by atoms with Gasteiger partial charge in [-0.15, -0.1) is 0 Å². The summed E-state index contributed by atoms with van der Waals surface area (Å²) in [5.41, 5.74) is -0.421. The zero-order valence-corrected chi connectivity index (χ0v) is 17.2. The van der Waals surface area contributed by atoms with Crippen molar-refractivity contribution in [3.05, 3.63) is 82.9 Å². The van der Waals surface area contributed by atoms with Gasteiger partial charge in [-0.05, 0) is 50.6 Å². The Kier molecular flexibility index (Phi) is 5.01. The quantitative estimate of drug-likeness (QED) is 0.468. The summed E-state index contributed by atoms with van der Waals surface area (Å²) in [5.74, 6) is -2.13. The Morgan fingerprint density at radius 3 is 2.40 bits per heavy atom. The Morgan fingerprint density at radius 2 is 1.80 bits per heavy atom. The fourth-order valence-electron chi connectivity index (χ4n) is 4.53. The number of pyridine rings is 1. The summed E-state index contributed by atoms with van der Waals surface area (Å²) in [5, 5.41) is 0. The largest absolute Gasteiger partial charge is 0.318 e. The van der Waals surface area contributed by atoms with Crippen LogP contribution in [0.25, 0.3) is 11.6 Å². The highest BCUT2D eigenvalue weighted by molar-refractivity contribution is 5.59. The van der Waals surface area contributed by atoms with E-state index >= 15 is 13.2 Å². The van der Waals surface area contributed by atoms with Gasteiger partial charge in [0.1, 0.15) is 17.3 Å². The smallest absolute Gasteiger partial charge is 0.154 e. The molecule has 158 valence electrons. The maximum Gasteiger partial charge on any atom is 0.154 e. The maximum absolute atomic E-state index is 15.6. The zero-order chi connectivity index (χ0) is 21.8. The number of benzene rings is 1. The number of hydrogen-bond donors (Lipinski definition) is 0. The molecule has 2 aromatic heterocycles. The van der Waals surface area contributed by atoms with Gasteiger partial charge in [-0.2, -0.15) is 0 Å². The third kappa shape index (κ3) is 3.33. The molecule has 2 atom stereocenters. The molecule has 3 aromatic rings. The van der Waals surface area contributed by atoms with Crippen LogP contribution >= 0.6 is 0 Å². The van der Waals surface area contributed by atoms with Gasteiger partial charge in [0.25, 0.3) is 0 Å². The van der Waals surface area contributed by atoms with Crippen LogP contribution in [-0.4, -0.2) is 27.6 Å². The fourth-order valence-corrected chi connectivity index (χ4v) is 4.53. The average Bonchev–Trinajstić information content (AvgIpc) is 2.94. The number of fused-ring (bicyclic) bond motifs is 3. The molecule has 0 amide bonds. The van der Waals surface area contributed by atoms with Crippen molar-refractivity contribution in [1.82, 2.24) is 9.30 Å². The van der Waals surface area contributed by atoms with E-state index in [9.17, 15) is 4.39 Å². The summed E-state index contributed by atoms with van der Waals surface area (Å²) in [4.78, 5) is 1.67. The van der Waals surface area contributed by atoms with Crippen LogP contribution in [0, 0.1) is 17.5 Å². The van der Waals surface area contributed by atoms with Gasteiger partial charge in [-0.25, -0.2) is 17.6 Å². The normalized spacial score (nSPS) is 19.8. The highest BCUT2D eigenvalue weighted by atomic mass is 19.1. The van der Waals surface area contributed by atoms with Crippen LogP contribution in [0.5, 0.6) is 0 Å². The number of aromatic nitrogens is 1. The van der Waals surface area contributed by atoms with Crippen LogP contribution in [0.1, 0.15) is 49.2 Å². The second-order valence-electron chi connectivity index (χ2n) is 8.58. The van der Waals surface area contributed by atoms with Gasteiger partial charge in [0, 0.05) is 42.0 Å². The Labute approximate surface area is 173 Å². The topological polar surface area (TPSA) is 7.65 Å². The monoisotopic (exact) mass is 416 g/mol. The van der Waals surface area contributed by atoms with Crippen LogP contribution in [0.4, 0.5) is 17.6 Å². The molecule has 0 fully saturated rings. The lowest BCUT2D eigenvalue weighted by atomic mass is 9.86. The van der Waals surface area contributed by atoms with Gasteiger partial charge in [0.2, 0.25) is 0 Å². The highest BCUT2D eigenvalue weighted by Gasteiger charge is 2.42. The third-order valence-corrected chi connectivity index (χ3v) is 5.75. The number of hydrogen-bond acceptors (Lipinski definition) is 1. The Bertz CT molecular complexity index is 1100. The van der Waals surface area contributed by atoms with E-state index in [0.717, 1.165) is 0 Å². The first-order valence-corrected chi connectivity index (χ1v) is 9.95. The molecule has 1 aromatic carbocycles. The maximum atomic E-state index is 15.6. The van der Waals surface area contributed by atoms with Crippen LogP contribution in [0.3, 0.4) is 0 Å². The molecule has 2 nitrogen and oxygen atoms in total. The van der Waals surface area contributed by atoms with Gasteiger partial charge in [0.05, 0.1) is 11.6 Å². The van der Waals surface area contributed by atoms with Crippen molar-refractivity contribution in [2.75, 3.05) is 6.54 Å². The molecule has 1 aliphatic rings. The second kappa shape index (κ2) is 7.27. The number of nitrogens with zero attached hydrogens (tertiary/aromatic N) is 2. The van der Waals surface area contributed by atoms with Crippen molar-refractivity contribution in [1.29, 1.82) is 0 Å². The summed E-state index contributed by atoms with van der Waals surface area (Å²) in [7, 11) is 0. The first-order valence-electron chi connectivity index (χ1n) is 9.95. The van der Waals surface area contributed by atoms with Gasteiger partial charge < -0.3 is 4.40 Å². The predicted octanol–water partition coefficient (Wildman–Crippen LogP) is 6.08. The molecule has 6 heteroatoms. The molecular formula is C24H24F4N2. The van der Waals surface area contributed by atoms with Gasteiger partial charge in [0.15, 0.2) is 5.82 Å².